The third kappa shape index (κ3) is 4.25. The first-order chi connectivity index (χ1) is 13.3. The number of ether oxygens (including phenoxy) is 2. The van der Waals surface area contributed by atoms with Gasteiger partial charge < -0.3 is 14.8 Å². The predicted octanol–water partition coefficient (Wildman–Crippen LogP) is 5.10. The Balaban J connectivity index is 1.80. The maximum atomic E-state index is 12.8. The van der Waals surface area contributed by atoms with E-state index in [0.717, 1.165) is 17.7 Å². The number of hydrogen-bond donors (Lipinski definition) is 1. The molecule has 3 aromatic rings. The zero-order valence-electron chi connectivity index (χ0n) is 14.8. The number of carbonyl (C=O) groups is 1. The second-order valence-electron chi connectivity index (χ2n) is 5.64. The van der Waals surface area contributed by atoms with Crippen LogP contribution in [0.2, 0.25) is 0 Å². The van der Waals surface area contributed by atoms with E-state index in [-0.39, 0.29) is 11.4 Å². The minimum atomic E-state index is -4.48. The molecule has 0 atom stereocenters. The molecule has 9 heteroatoms. The number of thiazole rings is 1. The lowest BCUT2D eigenvalue weighted by Gasteiger charge is -2.09. The summed E-state index contributed by atoms with van der Waals surface area (Å²) in [4.78, 5) is 16.6. The molecule has 1 aromatic heterocycles. The summed E-state index contributed by atoms with van der Waals surface area (Å²) >= 11 is 1.23. The van der Waals surface area contributed by atoms with E-state index in [0.29, 0.717) is 16.5 Å². The van der Waals surface area contributed by atoms with Gasteiger partial charge in [-0.2, -0.15) is 13.2 Å². The number of carbonyl (C=O) groups excluding carboxylic acids is 1. The van der Waals surface area contributed by atoms with E-state index in [1.807, 2.05) is 0 Å². The molecule has 0 radical (unpaired) electrons. The molecule has 3 rings (SSSR count). The standard InChI is InChI=1S/C19H15F3N2O3S/c1-26-15-7-6-11(8-16(15)27-2)18-24-14(10-28-18)17(25)23-13-5-3-4-12(9-13)19(20,21)22/h3-10H,1-2H3,(H,23,25). The Morgan fingerprint density at radius 2 is 1.82 bits per heavy atom. The summed E-state index contributed by atoms with van der Waals surface area (Å²) in [5, 5.41) is 4.54. The van der Waals surface area contributed by atoms with Gasteiger partial charge in [-0.15, -0.1) is 11.3 Å². The van der Waals surface area contributed by atoms with Crippen LogP contribution in [-0.2, 0) is 6.18 Å². The van der Waals surface area contributed by atoms with Crippen molar-refractivity contribution in [2.75, 3.05) is 19.5 Å². The molecule has 0 fully saturated rings. The summed E-state index contributed by atoms with van der Waals surface area (Å²) in [6.45, 7) is 0. The van der Waals surface area contributed by atoms with Crippen LogP contribution in [0.1, 0.15) is 16.1 Å². The van der Waals surface area contributed by atoms with Crippen LogP contribution < -0.4 is 14.8 Å². The van der Waals surface area contributed by atoms with Crippen LogP contribution in [0.5, 0.6) is 11.5 Å². The Labute approximate surface area is 162 Å². The summed E-state index contributed by atoms with van der Waals surface area (Å²) < 4.78 is 48.8. The zero-order valence-corrected chi connectivity index (χ0v) is 15.6. The summed E-state index contributed by atoms with van der Waals surface area (Å²) in [6, 6.07) is 9.65. The lowest BCUT2D eigenvalue weighted by Crippen LogP contribution is -2.13. The van der Waals surface area contributed by atoms with Crippen LogP contribution in [0.4, 0.5) is 18.9 Å². The first kappa shape index (κ1) is 19.7. The minimum absolute atomic E-state index is 0.0421. The molecule has 28 heavy (non-hydrogen) atoms. The zero-order chi connectivity index (χ0) is 20.3. The highest BCUT2D eigenvalue weighted by Gasteiger charge is 2.30. The highest BCUT2D eigenvalue weighted by molar-refractivity contribution is 7.13. The fourth-order valence-electron chi connectivity index (χ4n) is 2.45. The van der Waals surface area contributed by atoms with Crippen LogP contribution >= 0.6 is 11.3 Å². The topological polar surface area (TPSA) is 60.5 Å². The molecule has 1 amide bonds. The summed E-state index contributed by atoms with van der Waals surface area (Å²) in [6.07, 6.45) is -4.48. The third-order valence-corrected chi connectivity index (χ3v) is 4.71. The number of aromatic nitrogens is 1. The van der Waals surface area contributed by atoms with Crippen LogP contribution in [-0.4, -0.2) is 25.1 Å². The van der Waals surface area contributed by atoms with Gasteiger partial charge >= 0.3 is 6.18 Å². The Hall–Kier alpha value is -3.07. The third-order valence-electron chi connectivity index (χ3n) is 3.82. The smallest absolute Gasteiger partial charge is 0.416 e. The molecule has 1 heterocycles. The Morgan fingerprint density at radius 3 is 2.50 bits per heavy atom. The van der Waals surface area contributed by atoms with Gasteiger partial charge in [0.05, 0.1) is 19.8 Å². The fraction of sp³-hybridized carbons (Fsp3) is 0.158. The molecule has 5 nitrogen and oxygen atoms in total. The van der Waals surface area contributed by atoms with E-state index in [1.54, 1.807) is 18.2 Å². The number of anilines is 1. The van der Waals surface area contributed by atoms with Gasteiger partial charge in [0.25, 0.3) is 5.91 Å². The lowest BCUT2D eigenvalue weighted by atomic mass is 10.2. The van der Waals surface area contributed by atoms with Gasteiger partial charge in [0.2, 0.25) is 0 Å². The number of benzene rings is 2. The number of amides is 1. The number of hydrogen-bond acceptors (Lipinski definition) is 5. The quantitative estimate of drug-likeness (QED) is 0.638. The second-order valence-corrected chi connectivity index (χ2v) is 6.50. The molecule has 0 spiro atoms. The molecule has 0 aliphatic rings. The summed E-state index contributed by atoms with van der Waals surface area (Å²) in [7, 11) is 3.04. The number of rotatable bonds is 5. The molecular formula is C19H15F3N2O3S. The first-order valence-corrected chi connectivity index (χ1v) is 8.86. The van der Waals surface area contributed by atoms with E-state index < -0.39 is 17.6 Å². The molecule has 1 N–H and O–H groups in total. The molecule has 146 valence electrons. The van der Waals surface area contributed by atoms with E-state index in [4.69, 9.17) is 9.47 Å². The van der Waals surface area contributed by atoms with Crippen LogP contribution in [0.3, 0.4) is 0 Å². The highest BCUT2D eigenvalue weighted by atomic mass is 32.1. The van der Waals surface area contributed by atoms with Gasteiger partial charge in [0.15, 0.2) is 11.5 Å². The number of halogens is 3. The molecule has 0 aliphatic heterocycles. The number of nitrogens with zero attached hydrogens (tertiary/aromatic N) is 1. The minimum Gasteiger partial charge on any atom is -0.493 e. The van der Waals surface area contributed by atoms with Crippen molar-refractivity contribution < 1.29 is 27.4 Å². The van der Waals surface area contributed by atoms with Crippen LogP contribution in [0.25, 0.3) is 10.6 Å². The van der Waals surface area contributed by atoms with Crippen molar-refractivity contribution in [1.82, 2.24) is 4.98 Å². The van der Waals surface area contributed by atoms with Crippen molar-refractivity contribution in [3.8, 4) is 22.1 Å². The monoisotopic (exact) mass is 408 g/mol. The van der Waals surface area contributed by atoms with Gasteiger partial charge in [0.1, 0.15) is 10.7 Å². The van der Waals surface area contributed by atoms with Gasteiger partial charge in [0, 0.05) is 16.6 Å². The second kappa shape index (κ2) is 7.89. The Bertz CT molecular complexity index is 1000. The number of methoxy groups -OCH3 is 2. The van der Waals surface area contributed by atoms with Crippen molar-refractivity contribution in [2.45, 2.75) is 6.18 Å². The molecule has 2 aromatic carbocycles. The number of nitrogens with one attached hydrogen (secondary N) is 1. The van der Waals surface area contributed by atoms with E-state index in [1.165, 1.54) is 43.1 Å². The van der Waals surface area contributed by atoms with Gasteiger partial charge in [-0.3, -0.25) is 4.79 Å². The fourth-order valence-corrected chi connectivity index (χ4v) is 3.25. The van der Waals surface area contributed by atoms with Crippen molar-refractivity contribution in [2.24, 2.45) is 0 Å². The van der Waals surface area contributed by atoms with Crippen LogP contribution in [0.15, 0.2) is 47.8 Å². The van der Waals surface area contributed by atoms with E-state index >= 15 is 0 Å². The van der Waals surface area contributed by atoms with Crippen molar-refractivity contribution in [1.29, 1.82) is 0 Å². The molecule has 0 bridgehead atoms. The SMILES string of the molecule is COc1ccc(-c2nc(C(=O)Nc3cccc(C(F)(F)F)c3)cs2)cc1OC. The molecular weight excluding hydrogens is 393 g/mol. The Morgan fingerprint density at radius 1 is 1.07 bits per heavy atom. The average molecular weight is 408 g/mol. The Kier molecular flexibility index (Phi) is 5.55. The van der Waals surface area contributed by atoms with E-state index in [9.17, 15) is 18.0 Å². The summed E-state index contributed by atoms with van der Waals surface area (Å²) in [5.74, 6) is 0.484. The molecule has 0 unspecified atom stereocenters. The molecule has 0 saturated heterocycles. The average Bonchev–Trinajstić information content (AvgIpc) is 3.17. The predicted molar refractivity (Wildman–Crippen MR) is 100 cm³/mol. The van der Waals surface area contributed by atoms with Gasteiger partial charge in [-0.05, 0) is 36.4 Å². The highest BCUT2D eigenvalue weighted by Crippen LogP contribution is 2.34. The normalized spacial score (nSPS) is 11.2. The van der Waals surface area contributed by atoms with Crippen molar-refractivity contribution in [3.63, 3.8) is 0 Å². The maximum Gasteiger partial charge on any atom is 0.416 e. The molecule has 0 aliphatic carbocycles. The van der Waals surface area contributed by atoms with Crippen molar-refractivity contribution in [3.05, 3.63) is 59.1 Å². The van der Waals surface area contributed by atoms with Crippen molar-refractivity contribution >= 4 is 22.9 Å². The van der Waals surface area contributed by atoms with Crippen LogP contribution in [0, 0.1) is 0 Å². The molecule has 0 saturated carbocycles. The largest absolute Gasteiger partial charge is 0.493 e. The lowest BCUT2D eigenvalue weighted by molar-refractivity contribution is -0.137. The van der Waals surface area contributed by atoms with E-state index in [2.05, 4.69) is 10.3 Å². The van der Waals surface area contributed by atoms with Gasteiger partial charge in [-0.25, -0.2) is 4.98 Å². The summed E-state index contributed by atoms with van der Waals surface area (Å²) in [5.41, 5.74) is 0.0306. The van der Waals surface area contributed by atoms with Gasteiger partial charge in [-0.1, -0.05) is 6.07 Å². The maximum absolute atomic E-state index is 12.8. The first-order valence-electron chi connectivity index (χ1n) is 7.98. The number of alkyl halides is 3.